The van der Waals surface area contributed by atoms with Crippen molar-refractivity contribution in [2.75, 3.05) is 20.1 Å². The zero-order valence-corrected chi connectivity index (χ0v) is 11.1. The number of hydrogen-bond acceptors (Lipinski definition) is 3. The number of likely N-dealkylation sites (N-methyl/N-ethyl adjacent to an activating group) is 1. The van der Waals surface area contributed by atoms with Crippen molar-refractivity contribution in [2.45, 2.75) is 32.9 Å². The van der Waals surface area contributed by atoms with Crippen molar-refractivity contribution in [2.24, 2.45) is 5.41 Å². The van der Waals surface area contributed by atoms with Gasteiger partial charge in [-0.1, -0.05) is 19.9 Å². The monoisotopic (exact) mass is 233 g/mol. The summed E-state index contributed by atoms with van der Waals surface area (Å²) in [6.07, 6.45) is 3.12. The minimum atomic E-state index is 0.398. The van der Waals surface area contributed by atoms with Crippen LogP contribution in [-0.2, 0) is 6.54 Å². The second-order valence-corrected chi connectivity index (χ2v) is 5.64. The van der Waals surface area contributed by atoms with E-state index in [2.05, 4.69) is 48.2 Å². The first-order chi connectivity index (χ1) is 8.12. The molecule has 3 heteroatoms. The summed E-state index contributed by atoms with van der Waals surface area (Å²) in [6.45, 7) is 7.95. The van der Waals surface area contributed by atoms with Gasteiger partial charge in [0.1, 0.15) is 0 Å². The van der Waals surface area contributed by atoms with E-state index in [4.69, 9.17) is 0 Å². The summed E-state index contributed by atoms with van der Waals surface area (Å²) in [6, 6.07) is 6.71. The molecule has 3 nitrogen and oxygen atoms in total. The molecule has 1 atom stereocenters. The molecule has 0 saturated carbocycles. The Labute approximate surface area is 104 Å². The Hall–Kier alpha value is -0.930. The lowest BCUT2D eigenvalue weighted by Gasteiger charge is -2.43. The minimum Gasteiger partial charge on any atom is -0.315 e. The number of hydrogen-bond donors (Lipinski definition) is 1. The molecule has 94 valence electrons. The fraction of sp³-hybridized carbons (Fsp3) is 0.643. The first kappa shape index (κ1) is 12.5. The summed E-state index contributed by atoms with van der Waals surface area (Å²) in [7, 11) is 2.07. The summed E-state index contributed by atoms with van der Waals surface area (Å²) >= 11 is 0. The fourth-order valence-corrected chi connectivity index (χ4v) is 2.56. The molecule has 1 aliphatic rings. The van der Waals surface area contributed by atoms with E-state index in [1.54, 1.807) is 0 Å². The van der Waals surface area contributed by atoms with Crippen LogP contribution < -0.4 is 5.32 Å². The summed E-state index contributed by atoms with van der Waals surface area (Å²) < 4.78 is 0. The largest absolute Gasteiger partial charge is 0.315 e. The summed E-state index contributed by atoms with van der Waals surface area (Å²) in [5, 5.41) is 3.45. The normalized spacial score (nSPS) is 24.8. The van der Waals surface area contributed by atoms with Crippen molar-refractivity contribution in [3.63, 3.8) is 0 Å². The molecule has 0 bridgehead atoms. The fourth-order valence-electron chi connectivity index (χ4n) is 2.56. The Morgan fingerprint density at radius 2 is 2.29 bits per heavy atom. The summed E-state index contributed by atoms with van der Waals surface area (Å²) in [5.74, 6) is 0. The molecule has 0 aromatic carbocycles. The molecule has 1 N–H and O–H groups in total. The van der Waals surface area contributed by atoms with Gasteiger partial charge in [-0.05, 0) is 37.6 Å². The number of aromatic nitrogens is 1. The van der Waals surface area contributed by atoms with E-state index in [0.717, 1.165) is 13.1 Å². The van der Waals surface area contributed by atoms with Crippen LogP contribution in [0.5, 0.6) is 0 Å². The van der Waals surface area contributed by atoms with Gasteiger partial charge in [-0.25, -0.2) is 0 Å². The Morgan fingerprint density at radius 3 is 2.94 bits per heavy atom. The number of nitrogens with one attached hydrogen (secondary N) is 1. The summed E-state index contributed by atoms with van der Waals surface area (Å²) in [4.78, 5) is 6.89. The number of nitrogens with zero attached hydrogens (tertiary/aromatic N) is 2. The predicted octanol–water partition coefficient (Wildman–Crippen LogP) is 1.90. The number of piperidine rings is 1. The maximum Gasteiger partial charge on any atom is 0.0543 e. The van der Waals surface area contributed by atoms with Crippen molar-refractivity contribution < 1.29 is 0 Å². The van der Waals surface area contributed by atoms with E-state index in [0.29, 0.717) is 11.5 Å². The van der Waals surface area contributed by atoms with Crippen LogP contribution in [0, 0.1) is 5.41 Å². The van der Waals surface area contributed by atoms with Gasteiger partial charge in [0, 0.05) is 25.3 Å². The molecule has 17 heavy (non-hydrogen) atoms. The topological polar surface area (TPSA) is 28.2 Å². The Morgan fingerprint density at radius 1 is 1.47 bits per heavy atom. The van der Waals surface area contributed by atoms with Crippen molar-refractivity contribution in [3.8, 4) is 0 Å². The third kappa shape index (κ3) is 3.05. The maximum atomic E-state index is 4.40. The molecule has 0 radical (unpaired) electrons. The van der Waals surface area contributed by atoms with Crippen LogP contribution in [0.4, 0.5) is 0 Å². The number of rotatable bonds is 3. The first-order valence-electron chi connectivity index (χ1n) is 6.41. The molecule has 1 unspecified atom stereocenters. The average Bonchev–Trinajstić information content (AvgIpc) is 2.33. The lowest BCUT2D eigenvalue weighted by molar-refractivity contribution is 0.0841. The van der Waals surface area contributed by atoms with E-state index < -0.39 is 0 Å². The zero-order valence-electron chi connectivity index (χ0n) is 11.1. The van der Waals surface area contributed by atoms with Crippen molar-refractivity contribution in [1.29, 1.82) is 0 Å². The van der Waals surface area contributed by atoms with Crippen LogP contribution >= 0.6 is 0 Å². The highest BCUT2D eigenvalue weighted by molar-refractivity contribution is 5.04. The van der Waals surface area contributed by atoms with E-state index >= 15 is 0 Å². The molecule has 1 aliphatic heterocycles. The Balaban J connectivity index is 1.96. The third-order valence-corrected chi connectivity index (χ3v) is 3.92. The van der Waals surface area contributed by atoms with Crippen LogP contribution in [0.15, 0.2) is 24.4 Å². The SMILES string of the molecule is CNC1CN(Cc2ccccn2)CCC1(C)C. The number of pyridine rings is 1. The highest BCUT2D eigenvalue weighted by Gasteiger charge is 2.34. The smallest absolute Gasteiger partial charge is 0.0543 e. The van der Waals surface area contributed by atoms with E-state index in [1.165, 1.54) is 18.7 Å². The van der Waals surface area contributed by atoms with Crippen molar-refractivity contribution in [1.82, 2.24) is 15.2 Å². The second-order valence-electron chi connectivity index (χ2n) is 5.64. The molecule has 1 aromatic heterocycles. The Kier molecular flexibility index (Phi) is 3.79. The average molecular weight is 233 g/mol. The molecule has 1 aromatic rings. The Bertz CT molecular complexity index is 348. The highest BCUT2D eigenvalue weighted by Crippen LogP contribution is 2.30. The van der Waals surface area contributed by atoms with Crippen molar-refractivity contribution in [3.05, 3.63) is 30.1 Å². The molecule has 2 rings (SSSR count). The van der Waals surface area contributed by atoms with Gasteiger partial charge in [-0.15, -0.1) is 0 Å². The van der Waals surface area contributed by atoms with Gasteiger partial charge in [0.15, 0.2) is 0 Å². The lowest BCUT2D eigenvalue weighted by Crippen LogP contribution is -2.53. The van der Waals surface area contributed by atoms with Gasteiger partial charge in [0.2, 0.25) is 0 Å². The van der Waals surface area contributed by atoms with Gasteiger partial charge >= 0.3 is 0 Å². The third-order valence-electron chi connectivity index (χ3n) is 3.92. The standard InChI is InChI=1S/C14H23N3/c1-14(2)7-9-17(11-13(14)15-3)10-12-6-4-5-8-16-12/h4-6,8,13,15H,7,9-11H2,1-3H3. The molecule has 1 saturated heterocycles. The van der Waals surface area contributed by atoms with Crippen LogP contribution in [0.2, 0.25) is 0 Å². The molecule has 2 heterocycles. The van der Waals surface area contributed by atoms with Gasteiger partial charge in [-0.3, -0.25) is 9.88 Å². The van der Waals surface area contributed by atoms with Gasteiger partial charge in [0.25, 0.3) is 0 Å². The molecule has 0 aliphatic carbocycles. The van der Waals surface area contributed by atoms with E-state index in [-0.39, 0.29) is 0 Å². The van der Waals surface area contributed by atoms with Gasteiger partial charge in [-0.2, -0.15) is 0 Å². The molecule has 0 spiro atoms. The minimum absolute atomic E-state index is 0.398. The molecule has 1 fully saturated rings. The lowest BCUT2D eigenvalue weighted by atomic mass is 9.78. The molecular formula is C14H23N3. The van der Waals surface area contributed by atoms with Crippen LogP contribution in [-0.4, -0.2) is 36.1 Å². The quantitative estimate of drug-likeness (QED) is 0.864. The summed E-state index contributed by atoms with van der Waals surface area (Å²) in [5.41, 5.74) is 1.57. The maximum absolute atomic E-state index is 4.40. The van der Waals surface area contributed by atoms with Crippen LogP contribution in [0.3, 0.4) is 0 Å². The van der Waals surface area contributed by atoms with Crippen LogP contribution in [0.1, 0.15) is 26.0 Å². The molecule has 0 amide bonds. The van der Waals surface area contributed by atoms with E-state index in [1.807, 2.05) is 12.3 Å². The number of likely N-dealkylation sites (tertiary alicyclic amines) is 1. The van der Waals surface area contributed by atoms with Crippen LogP contribution in [0.25, 0.3) is 0 Å². The van der Waals surface area contributed by atoms with Gasteiger partial charge in [0.05, 0.1) is 5.69 Å². The van der Waals surface area contributed by atoms with Crippen molar-refractivity contribution >= 4 is 0 Å². The zero-order chi connectivity index (χ0) is 12.3. The van der Waals surface area contributed by atoms with E-state index in [9.17, 15) is 0 Å². The van der Waals surface area contributed by atoms with Gasteiger partial charge < -0.3 is 5.32 Å². The molecular weight excluding hydrogens is 210 g/mol. The highest BCUT2D eigenvalue weighted by atomic mass is 15.2. The second kappa shape index (κ2) is 5.15. The predicted molar refractivity (Wildman–Crippen MR) is 70.8 cm³/mol. The first-order valence-corrected chi connectivity index (χ1v) is 6.41.